The summed E-state index contributed by atoms with van der Waals surface area (Å²) in [5.41, 5.74) is 3.60. The molecule has 1 aliphatic rings. The fourth-order valence-electron chi connectivity index (χ4n) is 5.00. The molecule has 4 aromatic heterocycles. The molecule has 10 nitrogen and oxygen atoms in total. The van der Waals surface area contributed by atoms with Crippen molar-refractivity contribution >= 4 is 39.9 Å². The minimum Gasteiger partial charge on any atom is -0.336 e. The van der Waals surface area contributed by atoms with Crippen molar-refractivity contribution in [3.8, 4) is 11.3 Å². The Morgan fingerprint density at radius 3 is 2.68 bits per heavy atom. The Balaban J connectivity index is 1.33. The van der Waals surface area contributed by atoms with E-state index in [4.69, 9.17) is 0 Å². The Morgan fingerprint density at radius 2 is 1.83 bits per heavy atom. The van der Waals surface area contributed by atoms with E-state index in [1.165, 1.54) is 10.6 Å². The largest absolute Gasteiger partial charge is 0.336 e. The van der Waals surface area contributed by atoms with Crippen molar-refractivity contribution in [3.63, 3.8) is 0 Å². The van der Waals surface area contributed by atoms with Crippen molar-refractivity contribution < 1.29 is 14.0 Å². The lowest BCUT2D eigenvalue weighted by Gasteiger charge is -2.13. The number of fused-ring (bicyclic) bond motifs is 3. The van der Waals surface area contributed by atoms with Gasteiger partial charge in [-0.2, -0.15) is 5.10 Å². The minimum atomic E-state index is -1.37. The standard InChI is InChI=1S/C30H21FN8O2/c1-38-14-11-18-15-19(16-33-27(18)38)24-22(28-32-12-6-13-39(28)37-24)29(40)36-26-30(41)35-25-20(9-5-10-21(25)31)23(34-26)17-7-3-2-4-8-17/h2-16,26H,1H3,(H,35,41)(H,36,40)/t26-/m1/s1. The van der Waals surface area contributed by atoms with Crippen LogP contribution in [0, 0.1) is 5.82 Å². The van der Waals surface area contributed by atoms with E-state index in [1.54, 1.807) is 36.8 Å². The quantitative estimate of drug-likeness (QED) is 0.348. The molecule has 2 amide bonds. The Hall–Kier alpha value is -5.71. The van der Waals surface area contributed by atoms with Crippen molar-refractivity contribution in [2.24, 2.45) is 12.0 Å². The Morgan fingerprint density at radius 1 is 0.976 bits per heavy atom. The third-order valence-corrected chi connectivity index (χ3v) is 6.94. The van der Waals surface area contributed by atoms with Crippen molar-refractivity contribution in [1.29, 1.82) is 0 Å². The highest BCUT2D eigenvalue weighted by Gasteiger charge is 2.31. The molecular weight excluding hydrogens is 523 g/mol. The molecule has 1 aliphatic heterocycles. The van der Waals surface area contributed by atoms with Gasteiger partial charge in [0.15, 0.2) is 5.65 Å². The number of aromatic nitrogens is 5. The lowest BCUT2D eigenvalue weighted by atomic mass is 10.0. The first-order chi connectivity index (χ1) is 20.0. The number of hydrogen-bond donors (Lipinski definition) is 2. The second-order valence-corrected chi connectivity index (χ2v) is 9.55. The normalized spacial score (nSPS) is 14.8. The van der Waals surface area contributed by atoms with Crippen LogP contribution in [0.4, 0.5) is 10.1 Å². The molecule has 7 rings (SSSR count). The van der Waals surface area contributed by atoms with Crippen LogP contribution >= 0.6 is 0 Å². The molecule has 0 saturated carbocycles. The highest BCUT2D eigenvalue weighted by Crippen LogP contribution is 2.29. The molecule has 2 aromatic carbocycles. The highest BCUT2D eigenvalue weighted by molar-refractivity contribution is 6.20. The Kier molecular flexibility index (Phi) is 5.63. The number of nitrogens with zero attached hydrogens (tertiary/aromatic N) is 6. The number of aliphatic imine (C=N–C) groups is 1. The third-order valence-electron chi connectivity index (χ3n) is 6.94. The summed E-state index contributed by atoms with van der Waals surface area (Å²) in [5.74, 6) is -1.91. The topological polar surface area (TPSA) is 119 Å². The van der Waals surface area contributed by atoms with E-state index in [2.05, 4.69) is 30.7 Å². The fourth-order valence-corrected chi connectivity index (χ4v) is 5.00. The van der Waals surface area contributed by atoms with Gasteiger partial charge >= 0.3 is 0 Å². The zero-order valence-corrected chi connectivity index (χ0v) is 21.6. The molecule has 1 atom stereocenters. The first-order valence-corrected chi connectivity index (χ1v) is 12.8. The molecular formula is C30H21FN8O2. The van der Waals surface area contributed by atoms with E-state index in [9.17, 15) is 14.0 Å². The molecule has 0 fully saturated rings. The molecule has 2 N–H and O–H groups in total. The number of para-hydroxylation sites is 1. The molecule has 0 aliphatic carbocycles. The molecule has 5 heterocycles. The van der Waals surface area contributed by atoms with Crippen LogP contribution in [-0.2, 0) is 11.8 Å². The van der Waals surface area contributed by atoms with Crippen LogP contribution in [0.2, 0.25) is 0 Å². The van der Waals surface area contributed by atoms with Gasteiger partial charge in [0.2, 0.25) is 6.17 Å². The lowest BCUT2D eigenvalue weighted by molar-refractivity contribution is -0.117. The van der Waals surface area contributed by atoms with Gasteiger partial charge in [0.25, 0.3) is 11.8 Å². The van der Waals surface area contributed by atoms with Crippen LogP contribution in [0.25, 0.3) is 27.9 Å². The molecule has 0 bridgehead atoms. The fraction of sp³-hybridized carbons (Fsp3) is 0.0667. The summed E-state index contributed by atoms with van der Waals surface area (Å²) in [6.07, 6.45) is 5.41. The predicted molar refractivity (Wildman–Crippen MR) is 151 cm³/mol. The molecule has 0 spiro atoms. The number of amides is 2. The zero-order valence-electron chi connectivity index (χ0n) is 21.6. The van der Waals surface area contributed by atoms with Gasteiger partial charge in [-0.3, -0.25) is 9.59 Å². The highest BCUT2D eigenvalue weighted by atomic mass is 19.1. The SMILES string of the molecule is Cn1ccc2cc(-c3nn4cccnc4c3C(=O)N[C@H]3N=C(c4ccccc4)c4cccc(F)c4NC3=O)cnc21. The molecule has 41 heavy (non-hydrogen) atoms. The van der Waals surface area contributed by atoms with Gasteiger partial charge in [-0.05, 0) is 24.3 Å². The maximum atomic E-state index is 14.9. The summed E-state index contributed by atoms with van der Waals surface area (Å²) in [7, 11) is 1.90. The zero-order chi connectivity index (χ0) is 28.1. The first kappa shape index (κ1) is 24.3. The summed E-state index contributed by atoms with van der Waals surface area (Å²) in [6, 6.07) is 19.1. The first-order valence-electron chi connectivity index (χ1n) is 12.8. The predicted octanol–water partition coefficient (Wildman–Crippen LogP) is 3.97. The maximum Gasteiger partial charge on any atom is 0.269 e. The van der Waals surface area contributed by atoms with Gasteiger partial charge in [0.05, 0.1) is 11.4 Å². The summed E-state index contributed by atoms with van der Waals surface area (Å²) in [4.78, 5) is 40.8. The molecule has 6 aromatic rings. The number of benzodiazepines with no additional fused rings is 1. The number of benzene rings is 2. The van der Waals surface area contributed by atoms with Crippen molar-refractivity contribution in [1.82, 2.24) is 29.5 Å². The number of aryl methyl sites for hydroxylation is 1. The average molecular weight is 545 g/mol. The van der Waals surface area contributed by atoms with Crippen LogP contribution in [0.5, 0.6) is 0 Å². The van der Waals surface area contributed by atoms with Gasteiger partial charge < -0.3 is 15.2 Å². The number of carbonyl (C=O) groups excluding carboxylic acids is 2. The molecule has 0 radical (unpaired) electrons. The van der Waals surface area contributed by atoms with Gasteiger partial charge in [-0.15, -0.1) is 0 Å². The van der Waals surface area contributed by atoms with Crippen LogP contribution in [-0.4, -0.2) is 47.8 Å². The number of anilines is 1. The van der Waals surface area contributed by atoms with Crippen molar-refractivity contribution in [3.05, 3.63) is 114 Å². The summed E-state index contributed by atoms with van der Waals surface area (Å²) in [5, 5.41) is 10.8. The molecule has 0 saturated heterocycles. The third kappa shape index (κ3) is 4.11. The summed E-state index contributed by atoms with van der Waals surface area (Å²) < 4.78 is 18.3. The summed E-state index contributed by atoms with van der Waals surface area (Å²) >= 11 is 0. The van der Waals surface area contributed by atoms with Crippen molar-refractivity contribution in [2.75, 3.05) is 5.32 Å². The van der Waals surface area contributed by atoms with Crippen LogP contribution < -0.4 is 10.6 Å². The molecule has 200 valence electrons. The van der Waals surface area contributed by atoms with E-state index >= 15 is 0 Å². The number of nitrogens with one attached hydrogen (secondary N) is 2. The second kappa shape index (κ2) is 9.49. The number of halogens is 1. The monoisotopic (exact) mass is 544 g/mol. The van der Waals surface area contributed by atoms with E-state index < -0.39 is 23.8 Å². The number of pyridine rings is 1. The van der Waals surface area contributed by atoms with Crippen LogP contribution in [0.3, 0.4) is 0 Å². The van der Waals surface area contributed by atoms with Crippen molar-refractivity contribution in [2.45, 2.75) is 6.17 Å². The van der Waals surface area contributed by atoms with E-state index in [0.29, 0.717) is 33.7 Å². The molecule has 11 heteroatoms. The second-order valence-electron chi connectivity index (χ2n) is 9.55. The summed E-state index contributed by atoms with van der Waals surface area (Å²) in [6.45, 7) is 0. The molecule has 0 unspecified atom stereocenters. The van der Waals surface area contributed by atoms with E-state index in [1.807, 2.05) is 60.3 Å². The van der Waals surface area contributed by atoms with Crippen LogP contribution in [0.1, 0.15) is 21.5 Å². The van der Waals surface area contributed by atoms with Gasteiger partial charge in [-0.1, -0.05) is 42.5 Å². The number of rotatable bonds is 4. The smallest absolute Gasteiger partial charge is 0.269 e. The van der Waals surface area contributed by atoms with Gasteiger partial charge in [-0.25, -0.2) is 23.9 Å². The Bertz CT molecular complexity index is 2030. The van der Waals surface area contributed by atoms with Crippen LogP contribution in [0.15, 0.2) is 96.5 Å². The number of hydrogen-bond acceptors (Lipinski definition) is 6. The Labute approximate surface area is 232 Å². The lowest BCUT2D eigenvalue weighted by Crippen LogP contribution is -2.42. The van der Waals surface area contributed by atoms with E-state index in [-0.39, 0.29) is 11.3 Å². The number of carbonyl (C=O) groups is 2. The average Bonchev–Trinajstić information content (AvgIpc) is 3.53. The maximum absolute atomic E-state index is 14.9. The van der Waals surface area contributed by atoms with Gasteiger partial charge in [0, 0.05) is 53.9 Å². The minimum absolute atomic E-state index is 0.00238. The van der Waals surface area contributed by atoms with Gasteiger partial charge in [0.1, 0.15) is 22.7 Å². The van der Waals surface area contributed by atoms with E-state index in [0.717, 1.165) is 11.0 Å².